The van der Waals surface area contributed by atoms with Crippen LogP contribution in [0.2, 0.25) is 0 Å². The summed E-state index contributed by atoms with van der Waals surface area (Å²) in [5.74, 6) is -7.87. The van der Waals surface area contributed by atoms with Crippen molar-refractivity contribution in [2.75, 3.05) is 0 Å². The van der Waals surface area contributed by atoms with E-state index < -0.39 is 105 Å². The summed E-state index contributed by atoms with van der Waals surface area (Å²) in [5, 5.41) is 23.5. The number of fused-ring (bicyclic) bond motifs is 2. The summed E-state index contributed by atoms with van der Waals surface area (Å²) in [4.78, 5) is 54.3. The van der Waals surface area contributed by atoms with Crippen LogP contribution >= 0.6 is 0 Å². The molecule has 2 N–H and O–H groups in total. The zero-order valence-electron chi connectivity index (χ0n) is 23.3. The third kappa shape index (κ3) is 2.55. The van der Waals surface area contributed by atoms with Gasteiger partial charge in [-0.15, -0.1) is 0 Å². The SMILES string of the molecule is C[C@H]1C(=O)O[C@@H]2[C@H]1O[C@@]13O[C@]4(CC[C@@]5(C)C(=O)[C@@](C)(O)[C@@H]2[C@@H]15)C[C@@]12OC(=O)C[C@@H]1OC(C)(C)[C@H]2C[C@@H](O)[C@@H]4C3=O. The Morgan fingerprint density at radius 1 is 0.975 bits per heavy atom. The highest BCUT2D eigenvalue weighted by Crippen LogP contribution is 2.71. The quantitative estimate of drug-likeness (QED) is 0.400. The number of esters is 2. The van der Waals surface area contributed by atoms with Crippen molar-refractivity contribution < 1.29 is 53.1 Å². The number of carbonyl (C=O) groups is 4. The standard InChI is InChI=1S/C29H36O11/c1-11-18-19(36-22(11)33)17-20-25(4,23(34)26(17,5)35)6-7-27-10-28-13(24(2,3)37-14(28)9-15(31)38-28)8-12(30)16(27)21(32)29(20,39-18)40-27/h11-14,16-20,30,35H,6-10H2,1-5H3/t11-,12-,13-,14+,16-,17+,18+,19+,20-,25-,26+,27-,28+,29-/m1/s1. The van der Waals surface area contributed by atoms with Crippen molar-refractivity contribution in [3.05, 3.63) is 0 Å². The number of Topliss-reactive ketones (excluding diaryl/α,β-unsaturated/α-hetero) is 2. The van der Waals surface area contributed by atoms with Crippen LogP contribution in [-0.4, -0.2) is 86.3 Å². The van der Waals surface area contributed by atoms with Crippen molar-refractivity contribution in [1.29, 1.82) is 0 Å². The molecule has 14 atom stereocenters. The summed E-state index contributed by atoms with van der Waals surface area (Å²) >= 11 is 0. The van der Waals surface area contributed by atoms with Crippen LogP contribution in [0.15, 0.2) is 0 Å². The first-order valence-electron chi connectivity index (χ1n) is 14.5. The zero-order chi connectivity index (χ0) is 28.6. The van der Waals surface area contributed by atoms with E-state index in [0.717, 1.165) is 0 Å². The molecule has 6 aliphatic heterocycles. The van der Waals surface area contributed by atoms with Crippen LogP contribution in [0.4, 0.5) is 0 Å². The summed E-state index contributed by atoms with van der Waals surface area (Å²) < 4.78 is 31.7. The molecule has 8 aliphatic rings. The van der Waals surface area contributed by atoms with Crippen LogP contribution in [0, 0.1) is 35.0 Å². The van der Waals surface area contributed by atoms with Crippen LogP contribution in [0.3, 0.4) is 0 Å². The van der Waals surface area contributed by atoms with E-state index in [9.17, 15) is 29.4 Å². The summed E-state index contributed by atoms with van der Waals surface area (Å²) in [5.41, 5.74) is -6.27. The van der Waals surface area contributed by atoms with Crippen molar-refractivity contribution in [1.82, 2.24) is 0 Å². The second-order valence-electron chi connectivity index (χ2n) is 14.7. The first kappa shape index (κ1) is 25.8. The molecule has 0 amide bonds. The molecule has 2 bridgehead atoms. The molecule has 8 fully saturated rings. The van der Waals surface area contributed by atoms with Crippen molar-refractivity contribution in [2.45, 2.75) is 119 Å². The van der Waals surface area contributed by atoms with E-state index in [0.29, 0.717) is 0 Å². The Hall–Kier alpha value is -1.92. The molecule has 8 rings (SSSR count). The van der Waals surface area contributed by atoms with Crippen LogP contribution in [-0.2, 0) is 42.9 Å². The Labute approximate surface area is 231 Å². The molecule has 218 valence electrons. The monoisotopic (exact) mass is 560 g/mol. The van der Waals surface area contributed by atoms with Gasteiger partial charge in [-0.05, 0) is 47.0 Å². The van der Waals surface area contributed by atoms with E-state index >= 15 is 0 Å². The van der Waals surface area contributed by atoms with E-state index in [4.69, 9.17) is 23.7 Å². The molecule has 6 heterocycles. The van der Waals surface area contributed by atoms with Crippen LogP contribution in [0.1, 0.15) is 66.7 Å². The number of hydrogen-bond donors (Lipinski definition) is 2. The molecule has 3 spiro atoms. The molecule has 6 saturated heterocycles. The highest BCUT2D eigenvalue weighted by atomic mass is 16.7. The Morgan fingerprint density at radius 3 is 2.42 bits per heavy atom. The molecule has 2 aliphatic carbocycles. The second-order valence-corrected chi connectivity index (χ2v) is 14.7. The van der Waals surface area contributed by atoms with Gasteiger partial charge in [0.1, 0.15) is 29.5 Å². The highest BCUT2D eigenvalue weighted by molar-refractivity contribution is 6.00. The predicted octanol–water partition coefficient (Wildman–Crippen LogP) is 0.598. The largest absolute Gasteiger partial charge is 0.459 e. The average molecular weight is 561 g/mol. The fraction of sp³-hybridized carbons (Fsp3) is 0.862. The average Bonchev–Trinajstić information content (AvgIpc) is 3.44. The molecular formula is C29H36O11. The van der Waals surface area contributed by atoms with Crippen LogP contribution in [0.5, 0.6) is 0 Å². The number of ether oxygens (including phenoxy) is 5. The van der Waals surface area contributed by atoms with Gasteiger partial charge in [0.2, 0.25) is 11.6 Å². The van der Waals surface area contributed by atoms with Gasteiger partial charge in [-0.2, -0.15) is 0 Å². The molecule has 0 aromatic rings. The van der Waals surface area contributed by atoms with E-state index in [1.54, 1.807) is 13.8 Å². The van der Waals surface area contributed by atoms with E-state index in [1.807, 2.05) is 13.8 Å². The summed E-state index contributed by atoms with van der Waals surface area (Å²) in [6, 6.07) is 0. The smallest absolute Gasteiger partial charge is 0.311 e. The fourth-order valence-electron chi connectivity index (χ4n) is 10.8. The van der Waals surface area contributed by atoms with E-state index in [1.165, 1.54) is 6.92 Å². The minimum absolute atomic E-state index is 0.0663. The molecular weight excluding hydrogens is 524 g/mol. The third-order valence-electron chi connectivity index (χ3n) is 12.3. The number of aliphatic hydroxyl groups excluding tert-OH is 1. The maximum atomic E-state index is 14.8. The van der Waals surface area contributed by atoms with E-state index in [-0.39, 0.29) is 38.0 Å². The third-order valence-corrected chi connectivity index (χ3v) is 12.3. The topological polar surface area (TPSA) is 155 Å². The van der Waals surface area contributed by atoms with Gasteiger partial charge in [0.05, 0.1) is 35.6 Å². The molecule has 0 aromatic carbocycles. The lowest BCUT2D eigenvalue weighted by atomic mass is 9.60. The lowest BCUT2D eigenvalue weighted by Crippen LogP contribution is -2.65. The first-order valence-corrected chi connectivity index (χ1v) is 14.5. The zero-order valence-corrected chi connectivity index (χ0v) is 23.3. The minimum atomic E-state index is -1.99. The molecule has 0 unspecified atom stereocenters. The van der Waals surface area contributed by atoms with Crippen molar-refractivity contribution in [3.8, 4) is 0 Å². The summed E-state index contributed by atoms with van der Waals surface area (Å²) in [6.45, 7) is 8.62. The van der Waals surface area contributed by atoms with Crippen molar-refractivity contribution in [3.63, 3.8) is 0 Å². The molecule has 0 aromatic heterocycles. The van der Waals surface area contributed by atoms with Crippen molar-refractivity contribution in [2.24, 2.45) is 35.0 Å². The number of carbonyl (C=O) groups excluding carboxylic acids is 4. The molecule has 40 heavy (non-hydrogen) atoms. The number of hydrogen-bond acceptors (Lipinski definition) is 11. The molecule has 2 saturated carbocycles. The minimum Gasteiger partial charge on any atom is -0.459 e. The van der Waals surface area contributed by atoms with Gasteiger partial charge in [0.15, 0.2) is 5.78 Å². The van der Waals surface area contributed by atoms with Crippen LogP contribution < -0.4 is 0 Å². The molecule has 11 nitrogen and oxygen atoms in total. The van der Waals surface area contributed by atoms with Gasteiger partial charge < -0.3 is 33.9 Å². The lowest BCUT2D eigenvalue weighted by molar-refractivity contribution is -0.336. The fourth-order valence-corrected chi connectivity index (χ4v) is 10.8. The maximum absolute atomic E-state index is 14.8. The number of aliphatic hydroxyl groups is 2. The molecule has 0 radical (unpaired) electrons. The first-order chi connectivity index (χ1) is 18.5. The van der Waals surface area contributed by atoms with Gasteiger partial charge >= 0.3 is 11.9 Å². The summed E-state index contributed by atoms with van der Waals surface area (Å²) in [6.07, 6.45) is -2.79. The van der Waals surface area contributed by atoms with Gasteiger partial charge in [0.25, 0.3) is 0 Å². The Bertz CT molecular complexity index is 1290. The highest BCUT2D eigenvalue weighted by Gasteiger charge is 2.85. The lowest BCUT2D eigenvalue weighted by Gasteiger charge is -2.50. The Kier molecular flexibility index (Phi) is 4.50. The number of ketones is 2. The molecule has 11 heteroatoms. The van der Waals surface area contributed by atoms with Gasteiger partial charge in [-0.25, -0.2) is 0 Å². The van der Waals surface area contributed by atoms with Gasteiger partial charge in [-0.1, -0.05) is 6.92 Å². The van der Waals surface area contributed by atoms with E-state index in [2.05, 4.69) is 0 Å². The number of rotatable bonds is 0. The predicted molar refractivity (Wildman–Crippen MR) is 130 cm³/mol. The Balaban J connectivity index is 1.33. The normalized spacial score (nSPS) is 60.6. The second kappa shape index (κ2) is 6.99. The van der Waals surface area contributed by atoms with Crippen LogP contribution in [0.25, 0.3) is 0 Å². The Morgan fingerprint density at radius 2 is 1.70 bits per heavy atom. The maximum Gasteiger partial charge on any atom is 0.311 e. The summed E-state index contributed by atoms with van der Waals surface area (Å²) in [7, 11) is 0. The van der Waals surface area contributed by atoms with Crippen molar-refractivity contribution >= 4 is 23.5 Å². The van der Waals surface area contributed by atoms with Gasteiger partial charge in [0, 0.05) is 29.6 Å². The van der Waals surface area contributed by atoms with Gasteiger partial charge in [-0.3, -0.25) is 19.2 Å².